The number of hydrogen-bond donors (Lipinski definition) is 3. The highest BCUT2D eigenvalue weighted by atomic mass is 16.5. The molecule has 0 radical (unpaired) electrons. The number of nitrogens with one attached hydrogen (secondary N) is 1. The lowest BCUT2D eigenvalue weighted by atomic mass is 9.99. The van der Waals surface area contributed by atoms with Gasteiger partial charge in [-0.3, -0.25) is 0 Å². The molecule has 6 rings (SSSR count). The van der Waals surface area contributed by atoms with Crippen LogP contribution in [0, 0.1) is 6.92 Å². The first-order valence-electron chi connectivity index (χ1n) is 18.6. The standard InChI is InChI=1S/C41H52N8O5/c1-7-8-28(3)43-40-44-39(48(25-29-9-14-33(53-5)15-10-29)26-30-11-16-34(54-6)17-12-30)38-42-24-36(49(38)45-40)37(50)31-13-18-35(27(2)23-31)47-21-19-32(20-22-47)46(4)41(51)52/h9-18,23-24,28,32,37,50H,7-8,19-22,25-26H2,1-6H3,(H,43,45)(H,51,52). The Kier molecular flexibility index (Phi) is 12.1. The van der Waals surface area contributed by atoms with E-state index in [0.717, 1.165) is 78.2 Å². The van der Waals surface area contributed by atoms with Crippen molar-refractivity contribution < 1.29 is 24.5 Å². The molecule has 3 heterocycles. The number of imidazole rings is 1. The molecular formula is C41H52N8O5. The van der Waals surface area contributed by atoms with Gasteiger partial charge in [0.15, 0.2) is 11.5 Å². The number of methoxy groups -OCH3 is 2. The molecule has 13 nitrogen and oxygen atoms in total. The average Bonchev–Trinajstić information content (AvgIpc) is 3.61. The van der Waals surface area contributed by atoms with E-state index in [-0.39, 0.29) is 12.1 Å². The van der Waals surface area contributed by atoms with E-state index >= 15 is 0 Å². The zero-order valence-corrected chi connectivity index (χ0v) is 32.1. The molecule has 3 N–H and O–H groups in total. The van der Waals surface area contributed by atoms with Gasteiger partial charge >= 0.3 is 6.09 Å². The lowest BCUT2D eigenvalue weighted by Gasteiger charge is -2.37. The Bertz CT molecular complexity index is 1960. The molecule has 1 saturated heterocycles. The average molecular weight is 737 g/mol. The van der Waals surface area contributed by atoms with Gasteiger partial charge in [0.2, 0.25) is 5.95 Å². The topological polar surface area (TPSA) is 141 Å². The summed E-state index contributed by atoms with van der Waals surface area (Å²) >= 11 is 0. The number of aliphatic hydroxyl groups is 1. The number of benzene rings is 3. The van der Waals surface area contributed by atoms with Gasteiger partial charge in [-0.05, 0) is 85.7 Å². The Morgan fingerprint density at radius 2 is 1.59 bits per heavy atom. The van der Waals surface area contributed by atoms with Crippen molar-refractivity contribution in [3.8, 4) is 11.5 Å². The Labute approximate surface area is 317 Å². The molecule has 2 atom stereocenters. The number of nitrogens with zero attached hydrogens (tertiary/aromatic N) is 7. The summed E-state index contributed by atoms with van der Waals surface area (Å²) in [5, 5.41) is 29.8. The van der Waals surface area contributed by atoms with Crippen LogP contribution in [0.2, 0.25) is 0 Å². The van der Waals surface area contributed by atoms with Crippen LogP contribution in [0.25, 0.3) is 5.65 Å². The minimum Gasteiger partial charge on any atom is -0.497 e. The second-order valence-electron chi connectivity index (χ2n) is 14.1. The number of rotatable bonds is 15. The molecule has 3 aromatic carbocycles. The molecule has 0 spiro atoms. The minimum atomic E-state index is -1.01. The summed E-state index contributed by atoms with van der Waals surface area (Å²) in [6, 6.07) is 22.1. The fraction of sp³-hybridized carbons (Fsp3) is 0.415. The first kappa shape index (κ1) is 38.2. The van der Waals surface area contributed by atoms with Gasteiger partial charge in [-0.15, -0.1) is 5.10 Å². The SMILES string of the molecule is CCCC(C)Nc1nc(N(Cc2ccc(OC)cc2)Cc2ccc(OC)cc2)c2ncc(C(O)c3ccc(N4CCC(N(C)C(=O)O)CC4)c(C)c3)n2n1. The van der Waals surface area contributed by atoms with Crippen LogP contribution in [0.5, 0.6) is 11.5 Å². The Morgan fingerprint density at radius 1 is 0.981 bits per heavy atom. The molecule has 1 aliphatic heterocycles. The predicted molar refractivity (Wildman–Crippen MR) is 211 cm³/mol. The quantitative estimate of drug-likeness (QED) is 0.103. The van der Waals surface area contributed by atoms with Gasteiger partial charge in [0.25, 0.3) is 0 Å². The van der Waals surface area contributed by atoms with E-state index in [9.17, 15) is 15.0 Å². The number of anilines is 3. The number of fused-ring (bicyclic) bond motifs is 1. The van der Waals surface area contributed by atoms with E-state index < -0.39 is 12.2 Å². The number of aryl methyl sites for hydroxylation is 1. The zero-order valence-electron chi connectivity index (χ0n) is 32.1. The number of carbonyl (C=O) groups is 1. The minimum absolute atomic E-state index is 0.00913. The van der Waals surface area contributed by atoms with E-state index in [1.165, 1.54) is 4.90 Å². The lowest BCUT2D eigenvalue weighted by molar-refractivity contribution is 0.131. The molecule has 0 bridgehead atoms. The number of piperidine rings is 1. The molecule has 286 valence electrons. The van der Waals surface area contributed by atoms with Gasteiger partial charge in [0, 0.05) is 51.0 Å². The maximum Gasteiger partial charge on any atom is 0.407 e. The lowest BCUT2D eigenvalue weighted by Crippen LogP contribution is -2.45. The Morgan fingerprint density at radius 3 is 2.13 bits per heavy atom. The maximum atomic E-state index is 12.0. The molecule has 2 aromatic heterocycles. The van der Waals surface area contributed by atoms with Crippen molar-refractivity contribution in [3.63, 3.8) is 0 Å². The van der Waals surface area contributed by atoms with Crippen LogP contribution < -0.4 is 24.6 Å². The third-order valence-corrected chi connectivity index (χ3v) is 10.3. The first-order valence-corrected chi connectivity index (χ1v) is 18.6. The van der Waals surface area contributed by atoms with Gasteiger partial charge in [0.05, 0.1) is 26.1 Å². The van der Waals surface area contributed by atoms with Crippen LogP contribution in [0.4, 0.5) is 22.2 Å². The summed E-state index contributed by atoms with van der Waals surface area (Å²) in [6.45, 7) is 8.88. The first-order chi connectivity index (χ1) is 26.1. The van der Waals surface area contributed by atoms with Crippen LogP contribution in [0.3, 0.4) is 0 Å². The molecule has 1 aliphatic rings. The van der Waals surface area contributed by atoms with Crippen molar-refractivity contribution in [1.29, 1.82) is 0 Å². The molecule has 5 aromatic rings. The van der Waals surface area contributed by atoms with Crippen LogP contribution in [0.1, 0.15) is 73.6 Å². The van der Waals surface area contributed by atoms with Crippen LogP contribution in [-0.4, -0.2) is 87.2 Å². The predicted octanol–water partition coefficient (Wildman–Crippen LogP) is 6.92. The molecule has 13 heteroatoms. The number of aliphatic hydroxyl groups excluding tert-OH is 1. The number of ether oxygens (including phenoxy) is 2. The van der Waals surface area contributed by atoms with Crippen LogP contribution >= 0.6 is 0 Å². The molecule has 54 heavy (non-hydrogen) atoms. The van der Waals surface area contributed by atoms with Gasteiger partial charge in [-0.2, -0.15) is 4.98 Å². The van der Waals surface area contributed by atoms with Gasteiger partial charge in [-0.1, -0.05) is 49.7 Å². The van der Waals surface area contributed by atoms with Crippen LogP contribution in [-0.2, 0) is 13.1 Å². The number of aromatic nitrogens is 4. The number of hydrogen-bond acceptors (Lipinski definition) is 10. The molecule has 0 aliphatic carbocycles. The van der Waals surface area contributed by atoms with Gasteiger partial charge in [-0.25, -0.2) is 14.3 Å². The summed E-state index contributed by atoms with van der Waals surface area (Å²) in [5.41, 5.74) is 6.02. The summed E-state index contributed by atoms with van der Waals surface area (Å²) in [6.07, 6.45) is 3.25. The van der Waals surface area contributed by atoms with Crippen molar-refractivity contribution in [3.05, 3.63) is 101 Å². The van der Waals surface area contributed by atoms with Gasteiger partial charge < -0.3 is 39.7 Å². The summed E-state index contributed by atoms with van der Waals surface area (Å²) in [7, 11) is 4.96. The van der Waals surface area contributed by atoms with Crippen molar-refractivity contribution in [2.24, 2.45) is 0 Å². The molecule has 0 saturated carbocycles. The number of carboxylic acid groups (broad SMARTS) is 1. The van der Waals surface area contributed by atoms with E-state index in [4.69, 9.17) is 24.5 Å². The Balaban J connectivity index is 1.35. The van der Waals surface area contributed by atoms with Crippen LogP contribution in [0.15, 0.2) is 72.9 Å². The highest BCUT2D eigenvalue weighted by molar-refractivity contribution is 5.67. The zero-order chi connectivity index (χ0) is 38.4. The largest absolute Gasteiger partial charge is 0.497 e. The van der Waals surface area contributed by atoms with E-state index in [2.05, 4.69) is 29.0 Å². The molecule has 2 unspecified atom stereocenters. The van der Waals surface area contributed by atoms with Gasteiger partial charge in [0.1, 0.15) is 17.6 Å². The van der Waals surface area contributed by atoms with Crippen molar-refractivity contribution >= 4 is 29.2 Å². The van der Waals surface area contributed by atoms with Crippen molar-refractivity contribution in [2.45, 2.75) is 77.7 Å². The molecular weight excluding hydrogens is 685 g/mol. The Hall–Kier alpha value is -5.56. The number of amides is 1. The van der Waals surface area contributed by atoms with E-state index in [1.54, 1.807) is 32.0 Å². The summed E-state index contributed by atoms with van der Waals surface area (Å²) < 4.78 is 12.6. The van der Waals surface area contributed by atoms with Crippen molar-refractivity contribution in [1.82, 2.24) is 24.5 Å². The normalized spacial score (nSPS) is 14.5. The smallest absolute Gasteiger partial charge is 0.407 e. The molecule has 1 fully saturated rings. The highest BCUT2D eigenvalue weighted by Gasteiger charge is 2.27. The fourth-order valence-corrected chi connectivity index (χ4v) is 7.20. The van der Waals surface area contributed by atoms with Crippen molar-refractivity contribution in [2.75, 3.05) is 49.5 Å². The second-order valence-corrected chi connectivity index (χ2v) is 14.1. The monoisotopic (exact) mass is 736 g/mol. The van der Waals surface area contributed by atoms with E-state index in [0.29, 0.717) is 36.2 Å². The molecule has 1 amide bonds. The summed E-state index contributed by atoms with van der Waals surface area (Å²) in [4.78, 5) is 27.3. The second kappa shape index (κ2) is 17.1. The fourth-order valence-electron chi connectivity index (χ4n) is 7.20. The maximum absolute atomic E-state index is 12.0. The van der Waals surface area contributed by atoms with E-state index in [1.807, 2.05) is 73.7 Å². The third-order valence-electron chi connectivity index (χ3n) is 10.3. The summed E-state index contributed by atoms with van der Waals surface area (Å²) in [5.74, 6) is 2.64. The highest BCUT2D eigenvalue weighted by Crippen LogP contribution is 2.32. The third kappa shape index (κ3) is 8.62.